The average Bonchev–Trinajstić information content (AvgIpc) is 2.95. The van der Waals surface area contributed by atoms with Gasteiger partial charge in [-0.3, -0.25) is 4.79 Å². The highest BCUT2D eigenvalue weighted by atomic mass is 35.5. The zero-order chi connectivity index (χ0) is 17.3. The predicted octanol–water partition coefficient (Wildman–Crippen LogP) is 3.54. The van der Waals surface area contributed by atoms with Gasteiger partial charge in [0.25, 0.3) is 0 Å². The quantitative estimate of drug-likeness (QED) is 0.695. The van der Waals surface area contributed by atoms with E-state index in [1.54, 1.807) is 7.11 Å². The third kappa shape index (κ3) is 3.08. The highest BCUT2D eigenvalue weighted by Crippen LogP contribution is 2.37. The van der Waals surface area contributed by atoms with Crippen molar-refractivity contribution in [2.24, 2.45) is 5.73 Å². The lowest BCUT2D eigenvalue weighted by Gasteiger charge is -2.17. The van der Waals surface area contributed by atoms with Crippen LogP contribution in [0.5, 0.6) is 5.75 Å². The third-order valence-electron chi connectivity index (χ3n) is 4.09. The monoisotopic (exact) mass is 343 g/mol. The standard InChI is InChI=1S/C18H18ClN3O2/c1-10-3-5-12(18(19)22-10)13(8-17(20)23)15-9-21-16-6-4-11(24-2)7-14(15)16/h3-7,9,13,21H,8H2,1-2H3,(H2,20,23). The van der Waals surface area contributed by atoms with Crippen LogP contribution in [-0.4, -0.2) is 23.0 Å². The lowest BCUT2D eigenvalue weighted by Crippen LogP contribution is -2.16. The van der Waals surface area contributed by atoms with Gasteiger partial charge >= 0.3 is 0 Å². The highest BCUT2D eigenvalue weighted by molar-refractivity contribution is 6.30. The van der Waals surface area contributed by atoms with E-state index < -0.39 is 5.91 Å². The summed E-state index contributed by atoms with van der Waals surface area (Å²) in [5.74, 6) is 0.0761. The Morgan fingerprint density at radius 1 is 1.33 bits per heavy atom. The van der Waals surface area contributed by atoms with Gasteiger partial charge in [0.1, 0.15) is 10.9 Å². The van der Waals surface area contributed by atoms with E-state index >= 15 is 0 Å². The fraction of sp³-hybridized carbons (Fsp3) is 0.222. The molecule has 5 nitrogen and oxygen atoms in total. The fourth-order valence-corrected chi connectivity index (χ4v) is 3.25. The fourth-order valence-electron chi connectivity index (χ4n) is 2.92. The number of ether oxygens (including phenoxy) is 1. The van der Waals surface area contributed by atoms with Crippen LogP contribution in [0.3, 0.4) is 0 Å². The first kappa shape index (κ1) is 16.3. The lowest BCUT2D eigenvalue weighted by atomic mass is 9.88. The number of fused-ring (bicyclic) bond motifs is 1. The van der Waals surface area contributed by atoms with Gasteiger partial charge in [-0.15, -0.1) is 0 Å². The molecule has 124 valence electrons. The molecule has 1 atom stereocenters. The maximum absolute atomic E-state index is 11.6. The van der Waals surface area contributed by atoms with Crippen LogP contribution in [0.4, 0.5) is 0 Å². The van der Waals surface area contributed by atoms with Gasteiger partial charge in [-0.2, -0.15) is 0 Å². The van der Waals surface area contributed by atoms with E-state index in [0.29, 0.717) is 5.15 Å². The van der Waals surface area contributed by atoms with Gasteiger partial charge in [0.2, 0.25) is 5.91 Å². The van der Waals surface area contributed by atoms with Crippen LogP contribution in [0.15, 0.2) is 36.5 Å². The molecule has 1 unspecified atom stereocenters. The van der Waals surface area contributed by atoms with Crippen LogP contribution in [0, 0.1) is 6.92 Å². The summed E-state index contributed by atoms with van der Waals surface area (Å²) in [5.41, 5.74) is 8.98. The lowest BCUT2D eigenvalue weighted by molar-refractivity contribution is -0.118. The van der Waals surface area contributed by atoms with Crippen molar-refractivity contribution in [2.45, 2.75) is 19.3 Å². The summed E-state index contributed by atoms with van der Waals surface area (Å²) < 4.78 is 5.31. The number of halogens is 1. The molecule has 3 N–H and O–H groups in total. The molecule has 3 aromatic rings. The van der Waals surface area contributed by atoms with Crippen molar-refractivity contribution in [2.75, 3.05) is 7.11 Å². The second-order valence-corrected chi connectivity index (χ2v) is 6.07. The van der Waals surface area contributed by atoms with E-state index in [0.717, 1.165) is 33.5 Å². The number of aromatic nitrogens is 2. The molecule has 0 aliphatic heterocycles. The molecule has 1 amide bonds. The molecule has 2 heterocycles. The van der Waals surface area contributed by atoms with Gasteiger partial charge in [0.05, 0.1) is 7.11 Å². The Morgan fingerprint density at radius 2 is 2.12 bits per heavy atom. The van der Waals surface area contributed by atoms with Crippen LogP contribution < -0.4 is 10.5 Å². The molecule has 0 saturated heterocycles. The smallest absolute Gasteiger partial charge is 0.218 e. The molecule has 0 fully saturated rings. The molecule has 1 aromatic carbocycles. The van der Waals surface area contributed by atoms with Crippen molar-refractivity contribution in [3.8, 4) is 5.75 Å². The number of amides is 1. The highest BCUT2D eigenvalue weighted by Gasteiger charge is 2.23. The number of carbonyl (C=O) groups is 1. The molecule has 0 radical (unpaired) electrons. The minimum Gasteiger partial charge on any atom is -0.497 e. The summed E-state index contributed by atoms with van der Waals surface area (Å²) in [4.78, 5) is 19.2. The van der Waals surface area contributed by atoms with Gasteiger partial charge < -0.3 is 15.5 Å². The summed E-state index contributed by atoms with van der Waals surface area (Å²) in [6.45, 7) is 1.87. The number of nitrogens with one attached hydrogen (secondary N) is 1. The topological polar surface area (TPSA) is 81.0 Å². The largest absolute Gasteiger partial charge is 0.497 e. The van der Waals surface area contributed by atoms with Crippen molar-refractivity contribution in [1.82, 2.24) is 9.97 Å². The minimum atomic E-state index is -0.395. The number of hydrogen-bond donors (Lipinski definition) is 2. The zero-order valence-corrected chi connectivity index (χ0v) is 14.2. The van der Waals surface area contributed by atoms with Gasteiger partial charge in [-0.05, 0) is 42.3 Å². The maximum atomic E-state index is 11.6. The van der Waals surface area contributed by atoms with Crippen LogP contribution >= 0.6 is 11.6 Å². The predicted molar refractivity (Wildman–Crippen MR) is 94.5 cm³/mol. The van der Waals surface area contributed by atoms with Gasteiger partial charge in [-0.1, -0.05) is 17.7 Å². The van der Waals surface area contributed by atoms with Gasteiger partial charge in [0.15, 0.2) is 0 Å². The summed E-state index contributed by atoms with van der Waals surface area (Å²) in [6, 6.07) is 9.53. The number of carbonyl (C=O) groups excluding carboxylic acids is 1. The normalized spacial score (nSPS) is 12.3. The number of nitrogens with zero attached hydrogens (tertiary/aromatic N) is 1. The molecule has 24 heavy (non-hydrogen) atoms. The molecular formula is C18H18ClN3O2. The van der Waals surface area contributed by atoms with Crippen molar-refractivity contribution in [3.63, 3.8) is 0 Å². The van der Waals surface area contributed by atoms with Crippen molar-refractivity contribution >= 4 is 28.4 Å². The zero-order valence-electron chi connectivity index (χ0n) is 13.5. The summed E-state index contributed by atoms with van der Waals surface area (Å²) in [7, 11) is 1.62. The Morgan fingerprint density at radius 3 is 2.79 bits per heavy atom. The molecular weight excluding hydrogens is 326 g/mol. The first-order valence-corrected chi connectivity index (χ1v) is 7.93. The van der Waals surface area contributed by atoms with Crippen LogP contribution in [0.25, 0.3) is 10.9 Å². The molecule has 0 aliphatic carbocycles. The molecule has 0 aliphatic rings. The van der Waals surface area contributed by atoms with Crippen molar-refractivity contribution < 1.29 is 9.53 Å². The third-order valence-corrected chi connectivity index (χ3v) is 4.40. The summed E-state index contributed by atoms with van der Waals surface area (Å²) >= 11 is 6.34. The average molecular weight is 344 g/mol. The van der Waals surface area contributed by atoms with Crippen LogP contribution in [0.1, 0.15) is 29.2 Å². The number of benzene rings is 1. The van der Waals surface area contributed by atoms with Crippen LogP contribution in [0.2, 0.25) is 5.15 Å². The van der Waals surface area contributed by atoms with E-state index in [4.69, 9.17) is 22.1 Å². The first-order chi connectivity index (χ1) is 11.5. The number of nitrogens with two attached hydrogens (primary N) is 1. The molecule has 6 heteroatoms. The number of aryl methyl sites for hydroxylation is 1. The number of pyridine rings is 1. The Hall–Kier alpha value is -2.53. The maximum Gasteiger partial charge on any atom is 0.218 e. The summed E-state index contributed by atoms with van der Waals surface area (Å²) in [6.07, 6.45) is 2.03. The number of hydrogen-bond acceptors (Lipinski definition) is 3. The Bertz CT molecular complexity index is 904. The van der Waals surface area contributed by atoms with Crippen LogP contribution in [-0.2, 0) is 4.79 Å². The number of primary amides is 1. The number of H-pyrrole nitrogens is 1. The van der Waals surface area contributed by atoms with E-state index in [1.165, 1.54) is 0 Å². The van der Waals surface area contributed by atoms with Crippen molar-refractivity contribution in [1.29, 1.82) is 0 Å². The number of aromatic amines is 1. The second-order valence-electron chi connectivity index (χ2n) is 5.71. The van der Waals surface area contributed by atoms with Gasteiger partial charge in [-0.25, -0.2) is 4.98 Å². The molecule has 0 saturated carbocycles. The molecule has 0 spiro atoms. The van der Waals surface area contributed by atoms with E-state index in [9.17, 15) is 4.79 Å². The first-order valence-electron chi connectivity index (χ1n) is 7.56. The molecule has 2 aromatic heterocycles. The molecule has 3 rings (SSSR count). The van der Waals surface area contributed by atoms with E-state index in [-0.39, 0.29) is 12.3 Å². The number of rotatable bonds is 5. The van der Waals surface area contributed by atoms with Gasteiger partial charge in [0, 0.05) is 35.1 Å². The second kappa shape index (κ2) is 6.53. The molecule has 0 bridgehead atoms. The van der Waals surface area contributed by atoms with Crippen molar-refractivity contribution in [3.05, 3.63) is 58.5 Å². The SMILES string of the molecule is COc1ccc2[nH]cc(C(CC(N)=O)c3ccc(C)nc3Cl)c2c1. The van der Waals surface area contributed by atoms with E-state index in [2.05, 4.69) is 9.97 Å². The Labute approximate surface area is 144 Å². The number of methoxy groups -OCH3 is 1. The Kier molecular flexibility index (Phi) is 4.44. The van der Waals surface area contributed by atoms with E-state index in [1.807, 2.05) is 43.5 Å². The Balaban J connectivity index is 2.17. The minimum absolute atomic E-state index is 0.147. The summed E-state index contributed by atoms with van der Waals surface area (Å²) in [5, 5.41) is 1.36.